The molecule has 0 aromatic rings. The second-order valence-corrected chi connectivity index (χ2v) is 3.61. The molecule has 1 fully saturated rings. The molecule has 14 heavy (non-hydrogen) atoms. The lowest BCUT2D eigenvalue weighted by atomic mass is 10.2. The summed E-state index contributed by atoms with van der Waals surface area (Å²) in [6, 6.07) is -0.486. The van der Waals surface area contributed by atoms with Gasteiger partial charge in [0.2, 0.25) is 11.8 Å². The van der Waals surface area contributed by atoms with E-state index in [1.807, 2.05) is 0 Å². The highest BCUT2D eigenvalue weighted by molar-refractivity contribution is 5.89. The third-order valence-electron chi connectivity index (χ3n) is 2.27. The van der Waals surface area contributed by atoms with E-state index in [-0.39, 0.29) is 18.4 Å². The largest absolute Gasteiger partial charge is 0.392 e. The van der Waals surface area contributed by atoms with Gasteiger partial charge in [-0.2, -0.15) is 0 Å². The molecule has 2 amide bonds. The first kappa shape index (κ1) is 11.0. The van der Waals surface area contributed by atoms with Crippen LogP contribution in [0.2, 0.25) is 0 Å². The number of nitrogens with one attached hydrogen (secondary N) is 1. The molecule has 5 nitrogen and oxygen atoms in total. The fourth-order valence-electron chi connectivity index (χ4n) is 1.49. The van der Waals surface area contributed by atoms with Crippen molar-refractivity contribution in [2.75, 3.05) is 13.1 Å². The van der Waals surface area contributed by atoms with Crippen LogP contribution in [0, 0.1) is 0 Å². The van der Waals surface area contributed by atoms with E-state index in [4.69, 9.17) is 0 Å². The second kappa shape index (κ2) is 4.41. The van der Waals surface area contributed by atoms with Gasteiger partial charge >= 0.3 is 0 Å². The molecule has 5 heteroatoms. The van der Waals surface area contributed by atoms with Crippen LogP contribution in [0.3, 0.4) is 0 Å². The first-order chi connectivity index (χ1) is 6.52. The predicted molar refractivity (Wildman–Crippen MR) is 50.5 cm³/mol. The number of hydrogen-bond acceptors (Lipinski definition) is 3. The lowest BCUT2D eigenvalue weighted by Gasteiger charge is -2.26. The minimum atomic E-state index is -0.604. The van der Waals surface area contributed by atoms with Gasteiger partial charge in [0.15, 0.2) is 0 Å². The molecule has 1 rings (SSSR count). The summed E-state index contributed by atoms with van der Waals surface area (Å²) < 4.78 is 0. The third kappa shape index (κ3) is 2.45. The van der Waals surface area contributed by atoms with Gasteiger partial charge in [0.05, 0.1) is 6.10 Å². The van der Waals surface area contributed by atoms with Crippen molar-refractivity contribution in [3.8, 4) is 0 Å². The van der Waals surface area contributed by atoms with Crippen LogP contribution in [-0.4, -0.2) is 47.1 Å². The first-order valence-corrected chi connectivity index (χ1v) is 4.77. The van der Waals surface area contributed by atoms with Crippen molar-refractivity contribution in [2.24, 2.45) is 0 Å². The zero-order chi connectivity index (χ0) is 10.7. The molecule has 0 saturated carbocycles. The van der Waals surface area contributed by atoms with Crippen LogP contribution in [0.5, 0.6) is 0 Å². The molecular weight excluding hydrogens is 184 g/mol. The zero-order valence-electron chi connectivity index (χ0n) is 8.49. The molecule has 0 radical (unpaired) electrons. The molecule has 80 valence electrons. The number of aliphatic hydroxyl groups excluding tert-OH is 1. The summed E-state index contributed by atoms with van der Waals surface area (Å²) in [6.45, 7) is 3.87. The number of nitrogens with zero attached hydrogens (tertiary/aromatic N) is 1. The highest BCUT2D eigenvalue weighted by Crippen LogP contribution is 2.07. The molecule has 1 saturated heterocycles. The molecule has 0 aliphatic carbocycles. The van der Waals surface area contributed by atoms with Crippen LogP contribution in [0.15, 0.2) is 0 Å². The van der Waals surface area contributed by atoms with Crippen molar-refractivity contribution >= 4 is 11.8 Å². The van der Waals surface area contributed by atoms with Gasteiger partial charge in [-0.15, -0.1) is 0 Å². The van der Waals surface area contributed by atoms with Crippen molar-refractivity contribution < 1.29 is 14.7 Å². The second-order valence-electron chi connectivity index (χ2n) is 3.61. The Balaban J connectivity index is 2.74. The minimum Gasteiger partial charge on any atom is -0.392 e. The Bertz CT molecular complexity index is 240. The van der Waals surface area contributed by atoms with Gasteiger partial charge in [0.25, 0.3) is 0 Å². The molecule has 0 aromatic carbocycles. The van der Waals surface area contributed by atoms with E-state index in [0.29, 0.717) is 13.0 Å². The van der Waals surface area contributed by atoms with Crippen molar-refractivity contribution in [1.82, 2.24) is 10.2 Å². The van der Waals surface area contributed by atoms with Gasteiger partial charge in [-0.05, 0) is 13.8 Å². The summed E-state index contributed by atoms with van der Waals surface area (Å²) in [5.41, 5.74) is 0. The van der Waals surface area contributed by atoms with Gasteiger partial charge < -0.3 is 15.3 Å². The van der Waals surface area contributed by atoms with Gasteiger partial charge in [0.1, 0.15) is 6.04 Å². The summed E-state index contributed by atoms with van der Waals surface area (Å²) in [4.78, 5) is 24.3. The van der Waals surface area contributed by atoms with E-state index in [0.717, 1.165) is 0 Å². The van der Waals surface area contributed by atoms with Crippen molar-refractivity contribution in [1.29, 1.82) is 0 Å². The topological polar surface area (TPSA) is 69.6 Å². The van der Waals surface area contributed by atoms with Crippen LogP contribution in [0.4, 0.5) is 0 Å². The van der Waals surface area contributed by atoms with E-state index in [1.165, 1.54) is 4.90 Å². The molecule has 2 unspecified atom stereocenters. The molecule has 0 aromatic heterocycles. The maximum atomic E-state index is 11.5. The maximum absolute atomic E-state index is 11.5. The number of β-amino-alcohol motifs (C(OH)–C–C–N with tert-alkyl or cyclic N) is 1. The van der Waals surface area contributed by atoms with Gasteiger partial charge in [-0.25, -0.2) is 0 Å². The summed E-state index contributed by atoms with van der Waals surface area (Å²) in [6.07, 6.45) is -0.296. The maximum Gasteiger partial charge on any atom is 0.242 e. The number of carbonyl (C=O) groups excluding carboxylic acids is 2. The van der Waals surface area contributed by atoms with E-state index in [2.05, 4.69) is 5.32 Å². The Morgan fingerprint density at radius 3 is 2.86 bits per heavy atom. The molecule has 2 N–H and O–H groups in total. The molecular formula is C9H16N2O3. The smallest absolute Gasteiger partial charge is 0.242 e. The Morgan fingerprint density at radius 1 is 1.64 bits per heavy atom. The van der Waals surface area contributed by atoms with Crippen LogP contribution in [-0.2, 0) is 9.59 Å². The minimum absolute atomic E-state index is 0.0863. The number of carbonyl (C=O) groups is 2. The van der Waals surface area contributed by atoms with Crippen molar-refractivity contribution in [2.45, 2.75) is 32.4 Å². The van der Waals surface area contributed by atoms with Crippen LogP contribution in [0.25, 0.3) is 0 Å². The SMILES string of the molecule is CC(O)CN1C(=O)CCNC(=O)C1C. The predicted octanol–water partition coefficient (Wildman–Crippen LogP) is -0.896. The highest BCUT2D eigenvalue weighted by Gasteiger charge is 2.29. The summed E-state index contributed by atoms with van der Waals surface area (Å²) in [7, 11) is 0. The van der Waals surface area contributed by atoms with E-state index >= 15 is 0 Å². The standard InChI is InChI=1S/C9H16N2O3/c1-6(12)5-11-7(2)9(14)10-4-3-8(11)13/h6-7,12H,3-5H2,1-2H3,(H,10,14). The fraction of sp³-hybridized carbons (Fsp3) is 0.778. The molecule has 1 heterocycles. The first-order valence-electron chi connectivity index (χ1n) is 4.77. The normalized spacial score (nSPS) is 25.6. The number of aliphatic hydroxyl groups is 1. The average Bonchev–Trinajstić information content (AvgIpc) is 2.20. The zero-order valence-corrected chi connectivity index (χ0v) is 8.49. The lowest BCUT2D eigenvalue weighted by Crippen LogP contribution is -2.46. The van der Waals surface area contributed by atoms with E-state index in [9.17, 15) is 14.7 Å². The van der Waals surface area contributed by atoms with Crippen molar-refractivity contribution in [3.63, 3.8) is 0 Å². The Kier molecular flexibility index (Phi) is 3.46. The van der Waals surface area contributed by atoms with Crippen molar-refractivity contribution in [3.05, 3.63) is 0 Å². The summed E-state index contributed by atoms with van der Waals surface area (Å²) in [5, 5.41) is 11.8. The highest BCUT2D eigenvalue weighted by atomic mass is 16.3. The Labute approximate surface area is 83.1 Å². The number of amides is 2. The van der Waals surface area contributed by atoms with Gasteiger partial charge in [-0.1, -0.05) is 0 Å². The van der Waals surface area contributed by atoms with Crippen LogP contribution >= 0.6 is 0 Å². The van der Waals surface area contributed by atoms with E-state index < -0.39 is 12.1 Å². The average molecular weight is 200 g/mol. The van der Waals surface area contributed by atoms with Crippen LogP contribution < -0.4 is 5.32 Å². The summed E-state index contributed by atoms with van der Waals surface area (Å²) >= 11 is 0. The molecule has 0 spiro atoms. The van der Waals surface area contributed by atoms with Crippen LogP contribution in [0.1, 0.15) is 20.3 Å². The van der Waals surface area contributed by atoms with Gasteiger partial charge in [-0.3, -0.25) is 9.59 Å². The molecule has 0 bridgehead atoms. The lowest BCUT2D eigenvalue weighted by molar-refractivity contribution is -0.138. The fourth-order valence-corrected chi connectivity index (χ4v) is 1.49. The Morgan fingerprint density at radius 2 is 2.29 bits per heavy atom. The number of hydrogen-bond donors (Lipinski definition) is 2. The van der Waals surface area contributed by atoms with Gasteiger partial charge in [0, 0.05) is 19.5 Å². The third-order valence-corrected chi connectivity index (χ3v) is 2.27. The summed E-state index contributed by atoms with van der Waals surface area (Å²) in [5.74, 6) is -0.242. The monoisotopic (exact) mass is 200 g/mol. The quantitative estimate of drug-likeness (QED) is 0.607. The molecule has 1 aliphatic heterocycles. The number of rotatable bonds is 2. The molecule has 1 aliphatic rings. The Hall–Kier alpha value is -1.10. The molecule has 2 atom stereocenters. The van der Waals surface area contributed by atoms with E-state index in [1.54, 1.807) is 13.8 Å².